The molecule has 0 saturated carbocycles. The zero-order valence-corrected chi connectivity index (χ0v) is 15.0. The van der Waals surface area contributed by atoms with Crippen LogP contribution >= 0.6 is 24.8 Å². The van der Waals surface area contributed by atoms with Crippen molar-refractivity contribution in [2.45, 2.75) is 0 Å². The van der Waals surface area contributed by atoms with Crippen molar-refractivity contribution in [2.75, 3.05) is 21.1 Å². The van der Waals surface area contributed by atoms with Crippen LogP contribution in [0.2, 0.25) is 0 Å². The van der Waals surface area contributed by atoms with Gasteiger partial charge in [0.05, 0.1) is 0 Å². The van der Waals surface area contributed by atoms with Gasteiger partial charge in [0.2, 0.25) is 0 Å². The minimum atomic E-state index is 0. The molecule has 0 amide bonds. The molecule has 19 heavy (non-hydrogen) atoms. The normalized spacial score (nSPS) is 6.95. The molecule has 2 heterocycles. The van der Waals surface area contributed by atoms with Gasteiger partial charge in [-0.25, -0.2) is 0 Å². The molecule has 0 unspecified atom stereocenters. The molecule has 0 aromatic carbocycles. The average Bonchev–Trinajstić information content (AvgIpc) is 2.34. The van der Waals surface area contributed by atoms with E-state index in [2.05, 4.69) is 22.4 Å². The third-order valence-electron chi connectivity index (χ3n) is 1.03. The number of hydrogen-bond donors (Lipinski definition) is 0. The van der Waals surface area contributed by atoms with Crippen LogP contribution in [0.25, 0.3) is 0 Å². The first kappa shape index (κ1) is 27.0. The average molecular weight is 483 g/mol. The summed E-state index contributed by atoms with van der Waals surface area (Å²) in [6.07, 6.45) is 8.67. The first-order valence-electron chi connectivity index (χ1n) is 4.88. The second kappa shape index (κ2) is 22.7. The first-order chi connectivity index (χ1) is 7.73. The van der Waals surface area contributed by atoms with E-state index in [1.807, 2.05) is 50.3 Å². The van der Waals surface area contributed by atoms with E-state index in [4.69, 9.17) is 0 Å². The summed E-state index contributed by atoms with van der Waals surface area (Å²) in [5.74, 6) is 0. The predicted molar refractivity (Wildman–Crippen MR) is 80.3 cm³/mol. The Bertz CT molecular complexity index is 235. The van der Waals surface area contributed by atoms with Crippen molar-refractivity contribution in [1.82, 2.24) is 14.9 Å². The molecule has 0 fully saturated rings. The Morgan fingerprint density at radius 1 is 0.737 bits per heavy atom. The number of nitrogens with zero attached hydrogens (tertiary/aromatic N) is 3. The molecule has 0 bridgehead atoms. The van der Waals surface area contributed by atoms with Gasteiger partial charge in [-0.15, -0.1) is 24.8 Å². The van der Waals surface area contributed by atoms with E-state index in [1.165, 1.54) is 0 Å². The number of halogens is 2. The first-order valence-corrected chi connectivity index (χ1v) is 4.88. The molecule has 0 spiro atoms. The van der Waals surface area contributed by atoms with Crippen LogP contribution in [0.4, 0.5) is 0 Å². The van der Waals surface area contributed by atoms with E-state index in [-0.39, 0.29) is 45.9 Å². The second-order valence-electron chi connectivity index (χ2n) is 3.26. The van der Waals surface area contributed by atoms with Crippen LogP contribution in [0.15, 0.2) is 48.8 Å². The van der Waals surface area contributed by atoms with Gasteiger partial charge in [0, 0.05) is 0 Å². The molecular formula is C13H19Cl2N3Pt. The molecule has 0 saturated heterocycles. The van der Waals surface area contributed by atoms with Crippen molar-refractivity contribution in [3.63, 3.8) is 0 Å². The minimum Gasteiger partial charge on any atom is -0.394 e. The summed E-state index contributed by atoms with van der Waals surface area (Å²) in [4.78, 5) is 9.32. The summed E-state index contributed by atoms with van der Waals surface area (Å²) >= 11 is 0. The molecule has 2 aromatic heterocycles. The maximum absolute atomic E-state index is 3.66. The van der Waals surface area contributed by atoms with Crippen LogP contribution in [0.3, 0.4) is 0 Å². The Balaban J connectivity index is -0.0000000842. The van der Waals surface area contributed by atoms with E-state index in [9.17, 15) is 0 Å². The van der Waals surface area contributed by atoms with Gasteiger partial charge in [-0.2, -0.15) is 36.4 Å². The molecule has 0 aliphatic heterocycles. The smallest absolute Gasteiger partial charge is 0.394 e. The van der Waals surface area contributed by atoms with Gasteiger partial charge in [0.1, 0.15) is 0 Å². The van der Waals surface area contributed by atoms with Crippen molar-refractivity contribution in [1.29, 1.82) is 0 Å². The third kappa shape index (κ3) is 31.8. The van der Waals surface area contributed by atoms with Crippen LogP contribution in [0.1, 0.15) is 0 Å². The molecule has 0 aliphatic rings. The van der Waals surface area contributed by atoms with Crippen molar-refractivity contribution in [3.05, 3.63) is 61.2 Å². The maximum atomic E-state index is 3.66. The van der Waals surface area contributed by atoms with Crippen LogP contribution in [-0.4, -0.2) is 36.0 Å². The quantitative estimate of drug-likeness (QED) is 0.540. The Labute approximate surface area is 142 Å². The zero-order valence-electron chi connectivity index (χ0n) is 11.1. The SMILES string of the molecule is CN(C)C.Cl.Cl.[Pt+2].[c-]1ccccn1.[c-]1ccccn1. The van der Waals surface area contributed by atoms with E-state index in [0.29, 0.717) is 0 Å². The number of rotatable bonds is 0. The van der Waals surface area contributed by atoms with Gasteiger partial charge in [0.15, 0.2) is 0 Å². The van der Waals surface area contributed by atoms with Crippen molar-refractivity contribution in [3.8, 4) is 0 Å². The minimum absolute atomic E-state index is 0. The zero-order chi connectivity index (χ0) is 12.1. The van der Waals surface area contributed by atoms with Crippen molar-refractivity contribution < 1.29 is 21.1 Å². The molecule has 0 aliphatic carbocycles. The maximum Gasteiger partial charge on any atom is 2.00 e. The van der Waals surface area contributed by atoms with E-state index in [0.717, 1.165) is 0 Å². The largest absolute Gasteiger partial charge is 2.00 e. The Morgan fingerprint density at radius 3 is 1.11 bits per heavy atom. The topological polar surface area (TPSA) is 29.0 Å². The summed E-state index contributed by atoms with van der Waals surface area (Å²) in [6, 6.07) is 11.0. The third-order valence-corrected chi connectivity index (χ3v) is 1.03. The van der Waals surface area contributed by atoms with Crippen LogP contribution < -0.4 is 0 Å². The van der Waals surface area contributed by atoms with Crippen LogP contribution in [-0.2, 0) is 21.1 Å². The number of aromatic nitrogens is 2. The van der Waals surface area contributed by atoms with Crippen molar-refractivity contribution >= 4 is 24.8 Å². The van der Waals surface area contributed by atoms with Crippen LogP contribution in [0.5, 0.6) is 0 Å². The Kier molecular flexibility index (Phi) is 32.2. The fourth-order valence-corrected chi connectivity index (χ4v) is 0.555. The molecule has 110 valence electrons. The summed E-state index contributed by atoms with van der Waals surface area (Å²) in [5.41, 5.74) is 0. The van der Waals surface area contributed by atoms with Crippen molar-refractivity contribution in [2.24, 2.45) is 0 Å². The number of pyridine rings is 2. The molecule has 2 rings (SSSR count). The van der Waals surface area contributed by atoms with Gasteiger partial charge < -0.3 is 14.9 Å². The van der Waals surface area contributed by atoms with Gasteiger partial charge in [-0.3, -0.25) is 0 Å². The van der Waals surface area contributed by atoms with E-state index in [1.54, 1.807) is 24.5 Å². The molecule has 0 atom stereocenters. The fraction of sp³-hybridized carbons (Fsp3) is 0.231. The van der Waals surface area contributed by atoms with Gasteiger partial charge in [0.25, 0.3) is 0 Å². The molecule has 0 radical (unpaired) electrons. The standard InChI is InChI=1S/2C5H4N.C3H9N.2ClH.Pt/c2*1-2-4-6-5-3-1;1-4(2)3;;;/h2*1-4H;1-3H3;2*1H;/q2*-1;;;;+2. The molecule has 3 nitrogen and oxygen atoms in total. The van der Waals surface area contributed by atoms with Gasteiger partial charge in [-0.1, -0.05) is 24.8 Å². The number of hydrogen-bond acceptors (Lipinski definition) is 3. The van der Waals surface area contributed by atoms with E-state index < -0.39 is 0 Å². The summed E-state index contributed by atoms with van der Waals surface area (Å²) in [6.45, 7) is 0. The summed E-state index contributed by atoms with van der Waals surface area (Å²) in [5, 5.41) is 0. The van der Waals surface area contributed by atoms with Crippen LogP contribution in [0, 0.1) is 12.4 Å². The second-order valence-corrected chi connectivity index (χ2v) is 3.26. The monoisotopic (exact) mass is 482 g/mol. The molecular weight excluding hydrogens is 464 g/mol. The molecule has 2 aromatic rings. The Hall–Kier alpha value is -0.472. The summed E-state index contributed by atoms with van der Waals surface area (Å²) in [7, 11) is 6.00. The summed E-state index contributed by atoms with van der Waals surface area (Å²) < 4.78 is 0. The fourth-order valence-electron chi connectivity index (χ4n) is 0.555. The van der Waals surface area contributed by atoms with Gasteiger partial charge >= 0.3 is 21.1 Å². The van der Waals surface area contributed by atoms with Gasteiger partial charge in [-0.05, 0) is 21.1 Å². The van der Waals surface area contributed by atoms with E-state index >= 15 is 0 Å². The molecule has 6 heteroatoms. The molecule has 0 N–H and O–H groups in total. The predicted octanol–water partition coefficient (Wildman–Crippen LogP) is 2.78. The Morgan fingerprint density at radius 2 is 1.05 bits per heavy atom.